The number of fused-ring (bicyclic) bond motifs is 1. The third kappa shape index (κ3) is 3.64. The van der Waals surface area contributed by atoms with Crippen LogP contribution in [0.25, 0.3) is 11.0 Å². The van der Waals surface area contributed by atoms with E-state index in [4.69, 9.17) is 4.74 Å². The maximum Gasteiger partial charge on any atom is 0.140 e. The lowest BCUT2D eigenvalue weighted by Crippen LogP contribution is -2.24. The maximum atomic E-state index is 14.4. The second-order valence-corrected chi connectivity index (χ2v) is 7.19. The molecule has 0 radical (unpaired) electrons. The summed E-state index contributed by atoms with van der Waals surface area (Å²) >= 11 is 0. The van der Waals surface area contributed by atoms with Gasteiger partial charge in [-0.3, -0.25) is 4.90 Å². The van der Waals surface area contributed by atoms with Gasteiger partial charge in [-0.05, 0) is 42.7 Å². The van der Waals surface area contributed by atoms with Crippen LogP contribution in [0.3, 0.4) is 0 Å². The van der Waals surface area contributed by atoms with Crippen LogP contribution in [0.5, 0.6) is 0 Å². The maximum absolute atomic E-state index is 14.4. The molecule has 0 saturated carbocycles. The van der Waals surface area contributed by atoms with Crippen LogP contribution in [0.15, 0.2) is 42.5 Å². The summed E-state index contributed by atoms with van der Waals surface area (Å²) < 4.78 is 20.3. The molecule has 4 nitrogen and oxygen atoms in total. The Morgan fingerprint density at radius 3 is 2.88 bits per heavy atom. The second kappa shape index (κ2) is 7.17. The highest BCUT2D eigenvalue weighted by molar-refractivity contribution is 5.75. The summed E-state index contributed by atoms with van der Waals surface area (Å²) in [6.07, 6.45) is -1.38. The first-order valence-corrected chi connectivity index (χ1v) is 9.06. The largest absolute Gasteiger partial charge is 0.366 e. The quantitative estimate of drug-likeness (QED) is 0.756. The van der Waals surface area contributed by atoms with Gasteiger partial charge in [0.15, 0.2) is 0 Å². The molecule has 3 aromatic rings. The lowest BCUT2D eigenvalue weighted by molar-refractivity contribution is 0.00863. The predicted molar refractivity (Wildman–Crippen MR) is 101 cm³/mol. The van der Waals surface area contributed by atoms with Crippen LogP contribution >= 0.6 is 0 Å². The van der Waals surface area contributed by atoms with E-state index in [1.807, 2.05) is 31.2 Å². The first kappa shape index (κ1) is 17.2. The standard InChI is InChI=1S/C21H24FN3O/c1-14-7-8-18-19(9-14)24-21(23-18)13-26-20-12-25(11-17(20)22)10-16-6-4-3-5-15(16)2/h3-9,17,20H,10-13H2,1-2H3,(H,23,24)/t17-,20+/m1/s1. The van der Waals surface area contributed by atoms with Crippen molar-refractivity contribution in [2.24, 2.45) is 0 Å². The topological polar surface area (TPSA) is 41.1 Å². The highest BCUT2D eigenvalue weighted by Gasteiger charge is 2.33. The number of nitrogens with zero attached hydrogens (tertiary/aromatic N) is 2. The zero-order valence-electron chi connectivity index (χ0n) is 15.2. The molecule has 2 aromatic carbocycles. The number of likely N-dealkylation sites (tertiary alicyclic amines) is 1. The first-order valence-electron chi connectivity index (χ1n) is 9.06. The molecular formula is C21H24FN3O. The lowest BCUT2D eigenvalue weighted by atomic mass is 10.1. The molecule has 1 saturated heterocycles. The molecular weight excluding hydrogens is 329 g/mol. The van der Waals surface area contributed by atoms with Crippen molar-refractivity contribution in [1.82, 2.24) is 14.9 Å². The van der Waals surface area contributed by atoms with Gasteiger partial charge < -0.3 is 9.72 Å². The van der Waals surface area contributed by atoms with Gasteiger partial charge in [0.05, 0.1) is 11.0 Å². The van der Waals surface area contributed by atoms with Gasteiger partial charge in [0, 0.05) is 19.6 Å². The van der Waals surface area contributed by atoms with Gasteiger partial charge in [0.25, 0.3) is 0 Å². The van der Waals surface area contributed by atoms with Gasteiger partial charge in [-0.25, -0.2) is 9.37 Å². The number of halogens is 1. The van der Waals surface area contributed by atoms with Crippen molar-refractivity contribution in [3.63, 3.8) is 0 Å². The number of nitrogens with one attached hydrogen (secondary N) is 1. The van der Waals surface area contributed by atoms with Gasteiger partial charge >= 0.3 is 0 Å². The number of aromatic nitrogens is 2. The van der Waals surface area contributed by atoms with Crippen LogP contribution in [-0.4, -0.2) is 40.2 Å². The Kier molecular flexibility index (Phi) is 4.74. The molecule has 0 aliphatic carbocycles. The van der Waals surface area contributed by atoms with E-state index in [9.17, 15) is 4.39 Å². The van der Waals surface area contributed by atoms with Crippen molar-refractivity contribution < 1.29 is 9.13 Å². The molecule has 2 heterocycles. The van der Waals surface area contributed by atoms with E-state index in [0.29, 0.717) is 19.7 Å². The van der Waals surface area contributed by atoms with Crippen LogP contribution in [0.4, 0.5) is 4.39 Å². The van der Waals surface area contributed by atoms with Gasteiger partial charge in [-0.2, -0.15) is 0 Å². The monoisotopic (exact) mass is 353 g/mol. The molecule has 136 valence electrons. The molecule has 4 rings (SSSR count). The van der Waals surface area contributed by atoms with Crippen molar-refractivity contribution in [3.8, 4) is 0 Å². The minimum atomic E-state index is -0.967. The molecule has 1 aliphatic rings. The first-order chi connectivity index (χ1) is 12.6. The molecule has 0 spiro atoms. The highest BCUT2D eigenvalue weighted by Crippen LogP contribution is 2.22. The number of imidazole rings is 1. The fraction of sp³-hybridized carbons (Fsp3) is 0.381. The van der Waals surface area contributed by atoms with Crippen LogP contribution in [-0.2, 0) is 17.9 Å². The molecule has 1 fully saturated rings. The summed E-state index contributed by atoms with van der Waals surface area (Å²) in [6.45, 7) is 6.22. The Balaban J connectivity index is 1.36. The van der Waals surface area contributed by atoms with Crippen molar-refractivity contribution in [2.45, 2.75) is 39.3 Å². The minimum absolute atomic E-state index is 0.303. The van der Waals surface area contributed by atoms with Gasteiger partial charge in [-0.15, -0.1) is 0 Å². The molecule has 1 aliphatic heterocycles. The van der Waals surface area contributed by atoms with E-state index in [-0.39, 0.29) is 0 Å². The van der Waals surface area contributed by atoms with Gasteiger partial charge in [0.1, 0.15) is 24.7 Å². The normalized spacial score (nSPS) is 20.9. The number of ether oxygens (including phenoxy) is 1. The number of hydrogen-bond acceptors (Lipinski definition) is 3. The summed E-state index contributed by atoms with van der Waals surface area (Å²) in [6, 6.07) is 14.3. The predicted octanol–water partition coefficient (Wildman–Crippen LogP) is 3.92. The smallest absolute Gasteiger partial charge is 0.140 e. The van der Waals surface area contributed by atoms with Crippen LogP contribution in [0.1, 0.15) is 22.5 Å². The van der Waals surface area contributed by atoms with E-state index in [1.54, 1.807) is 0 Å². The zero-order chi connectivity index (χ0) is 18.1. The Morgan fingerprint density at radius 1 is 1.19 bits per heavy atom. The van der Waals surface area contributed by atoms with Crippen molar-refractivity contribution >= 4 is 11.0 Å². The van der Waals surface area contributed by atoms with Crippen LogP contribution in [0, 0.1) is 13.8 Å². The number of alkyl halides is 1. The number of benzene rings is 2. The Labute approximate surface area is 153 Å². The molecule has 26 heavy (non-hydrogen) atoms. The molecule has 1 aromatic heterocycles. The fourth-order valence-electron chi connectivity index (χ4n) is 3.55. The van der Waals surface area contributed by atoms with E-state index >= 15 is 0 Å². The summed E-state index contributed by atoms with van der Waals surface area (Å²) in [5, 5.41) is 0. The number of H-pyrrole nitrogens is 1. The van der Waals surface area contributed by atoms with Crippen molar-refractivity contribution in [1.29, 1.82) is 0 Å². The van der Waals surface area contributed by atoms with E-state index in [1.165, 1.54) is 16.7 Å². The molecule has 2 atom stereocenters. The third-order valence-corrected chi connectivity index (χ3v) is 5.05. The zero-order valence-corrected chi connectivity index (χ0v) is 15.2. The molecule has 0 amide bonds. The van der Waals surface area contributed by atoms with Crippen LogP contribution < -0.4 is 0 Å². The Bertz CT molecular complexity index is 907. The number of hydrogen-bond donors (Lipinski definition) is 1. The average Bonchev–Trinajstić information content (AvgIpc) is 3.17. The van der Waals surface area contributed by atoms with Gasteiger partial charge in [-0.1, -0.05) is 30.3 Å². The molecule has 5 heteroatoms. The average molecular weight is 353 g/mol. The highest BCUT2D eigenvalue weighted by atomic mass is 19.1. The van der Waals surface area contributed by atoms with E-state index in [0.717, 1.165) is 23.4 Å². The SMILES string of the molecule is Cc1ccc2nc(CO[C@H]3CN(Cc4ccccc4C)C[C@H]3F)[nH]c2c1. The van der Waals surface area contributed by atoms with Crippen molar-refractivity contribution in [2.75, 3.05) is 13.1 Å². The Morgan fingerprint density at radius 2 is 2.04 bits per heavy atom. The number of aromatic amines is 1. The Hall–Kier alpha value is -2.24. The molecule has 1 N–H and O–H groups in total. The minimum Gasteiger partial charge on any atom is -0.366 e. The second-order valence-electron chi connectivity index (χ2n) is 7.19. The summed E-state index contributed by atoms with van der Waals surface area (Å²) in [4.78, 5) is 9.91. The molecule has 0 unspecified atom stereocenters. The summed E-state index contributed by atoms with van der Waals surface area (Å²) in [5.74, 6) is 0.746. The number of aryl methyl sites for hydroxylation is 2. The summed E-state index contributed by atoms with van der Waals surface area (Å²) in [5.41, 5.74) is 5.57. The number of rotatable bonds is 5. The third-order valence-electron chi connectivity index (χ3n) is 5.05. The fourth-order valence-corrected chi connectivity index (χ4v) is 3.55. The molecule has 0 bridgehead atoms. The van der Waals surface area contributed by atoms with Gasteiger partial charge in [0.2, 0.25) is 0 Å². The van der Waals surface area contributed by atoms with E-state index < -0.39 is 12.3 Å². The van der Waals surface area contributed by atoms with Crippen LogP contribution in [0.2, 0.25) is 0 Å². The van der Waals surface area contributed by atoms with E-state index in [2.05, 4.69) is 40.0 Å². The van der Waals surface area contributed by atoms with Crippen molar-refractivity contribution in [3.05, 3.63) is 65.0 Å². The summed E-state index contributed by atoms with van der Waals surface area (Å²) in [7, 11) is 0. The lowest BCUT2D eigenvalue weighted by Gasteiger charge is -2.17.